The number of hydrogen-bond acceptors (Lipinski definition) is 5. The first-order valence-corrected chi connectivity index (χ1v) is 8.32. The molecule has 1 aromatic heterocycles. The minimum atomic E-state index is -3.42. The first kappa shape index (κ1) is 17.3. The molecule has 1 rings (SSSR count). The molecular formula is C13H20N4O3S. The number of nitriles is 1. The molecule has 7 nitrogen and oxygen atoms in total. The molecular weight excluding hydrogens is 292 g/mol. The molecule has 1 heterocycles. The third-order valence-electron chi connectivity index (χ3n) is 3.26. The average Bonchev–Trinajstić information content (AvgIpc) is 2.44. The van der Waals surface area contributed by atoms with Crippen LogP contribution in [-0.2, 0) is 29.4 Å². The van der Waals surface area contributed by atoms with Crippen molar-refractivity contribution in [1.29, 1.82) is 5.26 Å². The Morgan fingerprint density at radius 3 is 2.33 bits per heavy atom. The Bertz CT molecular complexity index is 714. The zero-order chi connectivity index (χ0) is 16.2. The Kier molecular flexibility index (Phi) is 5.63. The summed E-state index contributed by atoms with van der Waals surface area (Å²) in [6.45, 7) is 3.68. The summed E-state index contributed by atoms with van der Waals surface area (Å²) < 4.78 is 25.7. The van der Waals surface area contributed by atoms with E-state index in [9.17, 15) is 18.5 Å². The van der Waals surface area contributed by atoms with Crippen molar-refractivity contribution < 1.29 is 8.42 Å². The van der Waals surface area contributed by atoms with Gasteiger partial charge in [0.1, 0.15) is 11.6 Å². The van der Waals surface area contributed by atoms with Gasteiger partial charge in [0.05, 0.1) is 18.0 Å². The standard InChI is InChI=1S/C13H20N4O3S/c1-5-10-11(9-14)13(18)17(15-12(10)6-2)7-8-21(19,20)16(3)4/h5-8H2,1-4H3. The molecule has 0 aliphatic rings. The fourth-order valence-corrected chi connectivity index (χ4v) is 2.74. The lowest BCUT2D eigenvalue weighted by Crippen LogP contribution is -2.34. The quantitative estimate of drug-likeness (QED) is 0.744. The largest absolute Gasteiger partial charge is 0.284 e. The zero-order valence-corrected chi connectivity index (χ0v) is 13.6. The predicted octanol–water partition coefficient (Wildman–Crippen LogP) is 0.131. The van der Waals surface area contributed by atoms with E-state index in [4.69, 9.17) is 0 Å². The van der Waals surface area contributed by atoms with Crippen LogP contribution in [0.4, 0.5) is 0 Å². The number of sulfonamides is 1. The van der Waals surface area contributed by atoms with Crippen molar-refractivity contribution in [3.63, 3.8) is 0 Å². The maximum atomic E-state index is 12.2. The molecule has 1 aromatic rings. The van der Waals surface area contributed by atoms with Crippen LogP contribution < -0.4 is 5.56 Å². The molecule has 0 saturated heterocycles. The predicted molar refractivity (Wildman–Crippen MR) is 79.4 cm³/mol. The molecule has 0 bridgehead atoms. The number of hydrogen-bond donors (Lipinski definition) is 0. The normalized spacial score (nSPS) is 11.6. The second-order valence-corrected chi connectivity index (χ2v) is 7.05. The maximum absolute atomic E-state index is 12.2. The average molecular weight is 312 g/mol. The van der Waals surface area contributed by atoms with E-state index in [2.05, 4.69) is 5.10 Å². The van der Waals surface area contributed by atoms with Crippen molar-refractivity contribution in [2.45, 2.75) is 33.2 Å². The summed E-state index contributed by atoms with van der Waals surface area (Å²) in [7, 11) is -0.548. The lowest BCUT2D eigenvalue weighted by Gasteiger charge is -2.14. The summed E-state index contributed by atoms with van der Waals surface area (Å²) in [6.07, 6.45) is 1.13. The van der Waals surface area contributed by atoms with Gasteiger partial charge < -0.3 is 0 Å². The van der Waals surface area contributed by atoms with E-state index in [0.717, 1.165) is 8.99 Å². The van der Waals surface area contributed by atoms with Gasteiger partial charge in [0, 0.05) is 14.1 Å². The lowest BCUT2D eigenvalue weighted by molar-refractivity contribution is 0.506. The Hall–Kier alpha value is -1.72. The highest BCUT2D eigenvalue weighted by atomic mass is 32.2. The van der Waals surface area contributed by atoms with Crippen LogP contribution >= 0.6 is 0 Å². The first-order valence-electron chi connectivity index (χ1n) is 6.71. The smallest absolute Gasteiger partial charge is 0.266 e. The minimum absolute atomic E-state index is 0.0617. The topological polar surface area (TPSA) is 96.1 Å². The van der Waals surface area contributed by atoms with Gasteiger partial charge in [-0.25, -0.2) is 17.4 Å². The molecule has 8 heteroatoms. The summed E-state index contributed by atoms with van der Waals surface area (Å²) in [5.74, 6) is -0.230. The summed E-state index contributed by atoms with van der Waals surface area (Å²) in [4.78, 5) is 12.2. The molecule has 0 atom stereocenters. The van der Waals surface area contributed by atoms with E-state index in [1.54, 1.807) is 0 Å². The third kappa shape index (κ3) is 3.68. The van der Waals surface area contributed by atoms with E-state index in [0.29, 0.717) is 24.1 Å². The molecule has 0 saturated carbocycles. The molecule has 0 aliphatic heterocycles. The molecule has 0 radical (unpaired) electrons. The lowest BCUT2D eigenvalue weighted by atomic mass is 10.0. The summed E-state index contributed by atoms with van der Waals surface area (Å²) in [5.41, 5.74) is 0.847. The Morgan fingerprint density at radius 2 is 1.90 bits per heavy atom. The maximum Gasteiger partial charge on any atom is 0.284 e. The van der Waals surface area contributed by atoms with E-state index in [1.807, 2.05) is 19.9 Å². The monoisotopic (exact) mass is 312 g/mol. The van der Waals surface area contributed by atoms with Crippen molar-refractivity contribution in [1.82, 2.24) is 14.1 Å². The Morgan fingerprint density at radius 1 is 1.29 bits per heavy atom. The minimum Gasteiger partial charge on any atom is -0.266 e. The van der Waals surface area contributed by atoms with Crippen LogP contribution in [0, 0.1) is 11.3 Å². The molecule has 0 aliphatic carbocycles. The van der Waals surface area contributed by atoms with E-state index >= 15 is 0 Å². The molecule has 0 amide bonds. The van der Waals surface area contributed by atoms with Gasteiger partial charge in [-0.15, -0.1) is 0 Å². The van der Waals surface area contributed by atoms with Crippen LogP contribution in [0.5, 0.6) is 0 Å². The SMILES string of the molecule is CCc1nn(CCS(=O)(=O)N(C)C)c(=O)c(C#N)c1CC. The van der Waals surface area contributed by atoms with E-state index in [-0.39, 0.29) is 17.9 Å². The van der Waals surface area contributed by atoms with Crippen LogP contribution in [0.1, 0.15) is 30.7 Å². The fraction of sp³-hybridized carbons (Fsp3) is 0.615. The van der Waals surface area contributed by atoms with Gasteiger partial charge in [0.15, 0.2) is 0 Å². The van der Waals surface area contributed by atoms with Crippen molar-refractivity contribution in [2.75, 3.05) is 19.8 Å². The molecule has 116 valence electrons. The highest BCUT2D eigenvalue weighted by Gasteiger charge is 2.18. The zero-order valence-electron chi connectivity index (χ0n) is 12.8. The number of aryl methyl sites for hydroxylation is 2. The number of nitrogens with zero attached hydrogens (tertiary/aromatic N) is 4. The Labute approximate surface area is 124 Å². The number of aromatic nitrogens is 2. The van der Waals surface area contributed by atoms with E-state index < -0.39 is 15.6 Å². The highest BCUT2D eigenvalue weighted by molar-refractivity contribution is 7.89. The van der Waals surface area contributed by atoms with Gasteiger partial charge in [-0.05, 0) is 18.4 Å². The molecule has 0 unspecified atom stereocenters. The van der Waals surface area contributed by atoms with Gasteiger partial charge in [-0.3, -0.25) is 4.79 Å². The number of rotatable bonds is 6. The van der Waals surface area contributed by atoms with Crippen LogP contribution in [0.3, 0.4) is 0 Å². The second kappa shape index (κ2) is 6.83. The molecule has 0 N–H and O–H groups in total. The van der Waals surface area contributed by atoms with Crippen LogP contribution in [0.25, 0.3) is 0 Å². The van der Waals surface area contributed by atoms with Crippen LogP contribution in [0.2, 0.25) is 0 Å². The molecule has 21 heavy (non-hydrogen) atoms. The molecule has 0 fully saturated rings. The van der Waals surface area contributed by atoms with E-state index in [1.165, 1.54) is 14.1 Å². The summed E-state index contributed by atoms with van der Waals surface area (Å²) >= 11 is 0. The van der Waals surface area contributed by atoms with Gasteiger partial charge >= 0.3 is 0 Å². The third-order valence-corrected chi connectivity index (χ3v) is 5.07. The van der Waals surface area contributed by atoms with Crippen molar-refractivity contribution in [3.8, 4) is 6.07 Å². The highest BCUT2D eigenvalue weighted by Crippen LogP contribution is 2.10. The van der Waals surface area contributed by atoms with Crippen LogP contribution in [0.15, 0.2) is 4.79 Å². The van der Waals surface area contributed by atoms with Gasteiger partial charge in [-0.1, -0.05) is 13.8 Å². The van der Waals surface area contributed by atoms with Gasteiger partial charge in [-0.2, -0.15) is 10.4 Å². The molecule has 0 aromatic carbocycles. The van der Waals surface area contributed by atoms with Gasteiger partial charge in [0.25, 0.3) is 5.56 Å². The fourth-order valence-electron chi connectivity index (χ4n) is 1.97. The Balaban J connectivity index is 3.28. The summed E-state index contributed by atoms with van der Waals surface area (Å²) in [6, 6.07) is 1.92. The van der Waals surface area contributed by atoms with Crippen molar-refractivity contribution in [3.05, 3.63) is 27.2 Å². The van der Waals surface area contributed by atoms with Crippen molar-refractivity contribution >= 4 is 10.0 Å². The van der Waals surface area contributed by atoms with Gasteiger partial charge in [0.2, 0.25) is 10.0 Å². The van der Waals surface area contributed by atoms with Crippen LogP contribution in [-0.4, -0.2) is 42.4 Å². The molecule has 0 spiro atoms. The second-order valence-electron chi connectivity index (χ2n) is 4.75. The summed E-state index contributed by atoms with van der Waals surface area (Å²) in [5, 5.41) is 13.4. The first-order chi connectivity index (χ1) is 9.78. The van der Waals surface area contributed by atoms with Crippen molar-refractivity contribution in [2.24, 2.45) is 0 Å².